The number of benzene rings is 1. The summed E-state index contributed by atoms with van der Waals surface area (Å²) in [6.07, 6.45) is 1.35. The third-order valence-electron chi connectivity index (χ3n) is 4.05. The van der Waals surface area contributed by atoms with Crippen LogP contribution in [0.15, 0.2) is 23.1 Å². The van der Waals surface area contributed by atoms with Crippen LogP contribution in [0.5, 0.6) is 5.75 Å². The smallest absolute Gasteiger partial charge is 0.312 e. The number of nitrogens with zero attached hydrogens (tertiary/aromatic N) is 2. The Morgan fingerprint density at radius 2 is 2.04 bits per heavy atom. The molecule has 9 nitrogen and oxygen atoms in total. The van der Waals surface area contributed by atoms with Crippen molar-refractivity contribution < 1.29 is 22.9 Å². The van der Waals surface area contributed by atoms with Gasteiger partial charge in [0.15, 0.2) is 11.9 Å². The minimum absolute atomic E-state index is 0.144. The summed E-state index contributed by atoms with van der Waals surface area (Å²) in [6.45, 7) is 4.66. The maximum atomic E-state index is 12.6. The van der Waals surface area contributed by atoms with Crippen LogP contribution in [0, 0.1) is 10.1 Å². The van der Waals surface area contributed by atoms with Crippen LogP contribution in [0.2, 0.25) is 0 Å². The summed E-state index contributed by atoms with van der Waals surface area (Å²) < 4.78 is 31.8. The summed E-state index contributed by atoms with van der Waals surface area (Å²) in [6, 6.07) is 3.48. The van der Waals surface area contributed by atoms with Crippen LogP contribution in [-0.4, -0.2) is 49.3 Å². The van der Waals surface area contributed by atoms with Gasteiger partial charge in [0, 0.05) is 25.7 Å². The molecule has 26 heavy (non-hydrogen) atoms. The highest BCUT2D eigenvalue weighted by Crippen LogP contribution is 2.32. The molecule has 1 aromatic rings. The molecule has 1 aliphatic rings. The quantitative estimate of drug-likeness (QED) is 0.537. The predicted octanol–water partition coefficient (Wildman–Crippen LogP) is 1.67. The normalized spacial score (nSPS) is 16.2. The second-order valence-corrected chi connectivity index (χ2v) is 7.99. The van der Waals surface area contributed by atoms with Gasteiger partial charge in [0.05, 0.1) is 9.82 Å². The third-order valence-corrected chi connectivity index (χ3v) is 5.95. The van der Waals surface area contributed by atoms with E-state index in [1.807, 2.05) is 6.92 Å². The Balaban J connectivity index is 2.26. The molecule has 0 radical (unpaired) electrons. The van der Waals surface area contributed by atoms with E-state index in [4.69, 9.17) is 4.74 Å². The van der Waals surface area contributed by atoms with Crippen LogP contribution in [0.4, 0.5) is 5.69 Å². The standard InChI is InChI=1S/C16H23N3O6S/c1-3-8-17-16(20)12(2)25-15-7-6-13(11-14(15)19(21)22)26(23,24)18-9-4-5-10-18/h6-7,11-12H,3-5,8-10H2,1-2H3,(H,17,20)/t12-/m1/s1. The molecule has 1 fully saturated rings. The Labute approximate surface area is 152 Å². The van der Waals surface area contributed by atoms with Gasteiger partial charge in [-0.1, -0.05) is 6.92 Å². The van der Waals surface area contributed by atoms with Crippen LogP contribution in [-0.2, 0) is 14.8 Å². The number of sulfonamides is 1. The highest BCUT2D eigenvalue weighted by Gasteiger charge is 2.30. The highest BCUT2D eigenvalue weighted by atomic mass is 32.2. The number of hydrogen-bond acceptors (Lipinski definition) is 6. The molecule has 2 rings (SSSR count). The van der Waals surface area contributed by atoms with E-state index in [2.05, 4.69) is 5.32 Å². The fourth-order valence-electron chi connectivity index (χ4n) is 2.61. The molecule has 1 amide bonds. The molecular formula is C16H23N3O6S. The molecule has 0 aliphatic carbocycles. The van der Waals surface area contributed by atoms with Gasteiger partial charge in [-0.15, -0.1) is 0 Å². The summed E-state index contributed by atoms with van der Waals surface area (Å²) in [4.78, 5) is 22.4. The van der Waals surface area contributed by atoms with E-state index in [0.717, 1.165) is 25.3 Å². The fourth-order valence-corrected chi connectivity index (χ4v) is 4.15. The lowest BCUT2D eigenvalue weighted by molar-refractivity contribution is -0.386. The number of carbonyl (C=O) groups is 1. The van der Waals surface area contributed by atoms with E-state index in [9.17, 15) is 23.3 Å². The molecular weight excluding hydrogens is 362 g/mol. The Kier molecular flexibility index (Phi) is 6.54. The van der Waals surface area contributed by atoms with Gasteiger partial charge in [-0.2, -0.15) is 4.31 Å². The molecule has 0 bridgehead atoms. The summed E-state index contributed by atoms with van der Waals surface area (Å²) in [5.74, 6) is -0.538. The van der Waals surface area contributed by atoms with Crippen molar-refractivity contribution in [3.05, 3.63) is 28.3 Å². The largest absolute Gasteiger partial charge is 0.474 e. The number of hydrogen-bond donors (Lipinski definition) is 1. The molecule has 0 spiro atoms. The van der Waals surface area contributed by atoms with Crippen LogP contribution in [0.1, 0.15) is 33.1 Å². The first kappa shape index (κ1) is 20.1. The molecule has 0 unspecified atom stereocenters. The molecule has 1 atom stereocenters. The van der Waals surface area contributed by atoms with E-state index < -0.39 is 32.6 Å². The number of carbonyl (C=O) groups excluding carboxylic acids is 1. The number of amides is 1. The molecule has 0 aromatic heterocycles. The second-order valence-electron chi connectivity index (χ2n) is 6.05. The van der Waals surface area contributed by atoms with Crippen molar-refractivity contribution in [1.29, 1.82) is 0 Å². The van der Waals surface area contributed by atoms with Gasteiger partial charge in [-0.05, 0) is 38.3 Å². The van der Waals surface area contributed by atoms with Gasteiger partial charge in [-0.3, -0.25) is 14.9 Å². The average molecular weight is 385 g/mol. The maximum Gasteiger partial charge on any atom is 0.312 e. The monoisotopic (exact) mass is 385 g/mol. The van der Waals surface area contributed by atoms with Crippen LogP contribution < -0.4 is 10.1 Å². The van der Waals surface area contributed by atoms with Crippen molar-refractivity contribution in [2.24, 2.45) is 0 Å². The van der Waals surface area contributed by atoms with Gasteiger partial charge < -0.3 is 10.1 Å². The summed E-state index contributed by atoms with van der Waals surface area (Å²) in [5, 5.41) is 14.0. The SMILES string of the molecule is CCCNC(=O)[C@@H](C)Oc1ccc(S(=O)(=O)N2CCCC2)cc1[N+](=O)[O-]. The number of nitro groups is 1. The Bertz CT molecular complexity index is 774. The minimum atomic E-state index is -3.77. The molecule has 1 aliphatic heterocycles. The van der Waals surface area contributed by atoms with Crippen LogP contribution in [0.3, 0.4) is 0 Å². The predicted molar refractivity (Wildman–Crippen MR) is 94.5 cm³/mol. The lowest BCUT2D eigenvalue weighted by atomic mass is 10.3. The van der Waals surface area contributed by atoms with Gasteiger partial charge in [0.25, 0.3) is 5.91 Å². The van der Waals surface area contributed by atoms with E-state index in [-0.39, 0.29) is 10.6 Å². The first-order valence-corrected chi connectivity index (χ1v) is 9.94. The fraction of sp³-hybridized carbons (Fsp3) is 0.562. The van der Waals surface area contributed by atoms with Crippen molar-refractivity contribution in [2.75, 3.05) is 19.6 Å². The van der Waals surface area contributed by atoms with Crippen molar-refractivity contribution in [2.45, 2.75) is 44.1 Å². The average Bonchev–Trinajstić information content (AvgIpc) is 3.15. The zero-order valence-electron chi connectivity index (χ0n) is 14.8. The molecule has 10 heteroatoms. The summed E-state index contributed by atoms with van der Waals surface area (Å²) in [7, 11) is -3.77. The third kappa shape index (κ3) is 4.50. The Morgan fingerprint density at radius 1 is 1.38 bits per heavy atom. The highest BCUT2D eigenvalue weighted by molar-refractivity contribution is 7.89. The number of ether oxygens (including phenoxy) is 1. The summed E-state index contributed by atoms with van der Waals surface area (Å²) in [5.41, 5.74) is -0.486. The van der Waals surface area contributed by atoms with E-state index in [1.54, 1.807) is 0 Å². The first-order valence-electron chi connectivity index (χ1n) is 8.50. The van der Waals surface area contributed by atoms with E-state index in [1.165, 1.54) is 23.4 Å². The lowest BCUT2D eigenvalue weighted by Crippen LogP contribution is -2.36. The zero-order valence-corrected chi connectivity index (χ0v) is 15.6. The second kappa shape index (κ2) is 8.45. The Morgan fingerprint density at radius 3 is 2.62 bits per heavy atom. The molecule has 1 heterocycles. The Hall–Kier alpha value is -2.20. The molecule has 1 saturated heterocycles. The van der Waals surface area contributed by atoms with Gasteiger partial charge in [0.1, 0.15) is 0 Å². The van der Waals surface area contributed by atoms with E-state index >= 15 is 0 Å². The van der Waals surface area contributed by atoms with Gasteiger partial charge in [0.2, 0.25) is 10.0 Å². The summed E-state index contributed by atoms with van der Waals surface area (Å²) >= 11 is 0. The van der Waals surface area contributed by atoms with Crippen LogP contribution >= 0.6 is 0 Å². The van der Waals surface area contributed by atoms with Crippen molar-refractivity contribution in [3.8, 4) is 5.75 Å². The van der Waals surface area contributed by atoms with Crippen molar-refractivity contribution >= 4 is 21.6 Å². The number of nitro benzene ring substituents is 1. The zero-order chi connectivity index (χ0) is 19.3. The first-order chi connectivity index (χ1) is 12.3. The van der Waals surface area contributed by atoms with Crippen molar-refractivity contribution in [3.63, 3.8) is 0 Å². The molecule has 1 N–H and O–H groups in total. The lowest BCUT2D eigenvalue weighted by Gasteiger charge is -2.17. The topological polar surface area (TPSA) is 119 Å². The molecule has 144 valence electrons. The van der Waals surface area contributed by atoms with Gasteiger partial charge in [-0.25, -0.2) is 8.42 Å². The molecule has 1 aromatic carbocycles. The van der Waals surface area contributed by atoms with Crippen molar-refractivity contribution in [1.82, 2.24) is 9.62 Å². The maximum absolute atomic E-state index is 12.6. The van der Waals surface area contributed by atoms with Crippen LogP contribution in [0.25, 0.3) is 0 Å². The number of nitrogens with one attached hydrogen (secondary N) is 1. The molecule has 0 saturated carbocycles. The number of rotatable bonds is 8. The minimum Gasteiger partial charge on any atom is -0.474 e. The van der Waals surface area contributed by atoms with Gasteiger partial charge >= 0.3 is 5.69 Å². The van der Waals surface area contributed by atoms with E-state index in [0.29, 0.717) is 19.6 Å².